The number of benzene rings is 3. The van der Waals surface area contributed by atoms with Gasteiger partial charge in [-0.1, -0.05) is 31.2 Å². The highest BCUT2D eigenvalue weighted by Gasteiger charge is 2.20. The van der Waals surface area contributed by atoms with Crippen molar-refractivity contribution < 1.29 is 17.6 Å². The zero-order valence-electron chi connectivity index (χ0n) is 19.8. The number of carbonyl (C=O) groups is 1. The number of carbonyl (C=O) groups excluding carboxylic acids is 1. The Morgan fingerprint density at radius 1 is 0.971 bits per heavy atom. The normalized spacial score (nSPS) is 14.5. The Morgan fingerprint density at radius 3 is 2.43 bits per heavy atom. The van der Waals surface area contributed by atoms with Gasteiger partial charge in [-0.05, 0) is 61.5 Å². The Balaban J connectivity index is 1.50. The lowest BCUT2D eigenvalue weighted by molar-refractivity contribution is 0.102. The summed E-state index contributed by atoms with van der Waals surface area (Å²) in [6.45, 7) is 8.40. The van der Waals surface area contributed by atoms with Crippen LogP contribution in [-0.4, -0.2) is 51.9 Å². The largest absolute Gasteiger partial charge is 0.367 e. The molecule has 9 heteroatoms. The highest BCUT2D eigenvalue weighted by atomic mass is 32.2. The first kappa shape index (κ1) is 24.7. The molecule has 0 bridgehead atoms. The van der Waals surface area contributed by atoms with Crippen LogP contribution in [0.15, 0.2) is 71.6 Å². The Hall–Kier alpha value is -3.43. The number of likely N-dealkylation sites (N-methyl/N-ethyl adjacent to an activating group) is 1. The van der Waals surface area contributed by atoms with Crippen molar-refractivity contribution >= 4 is 33.0 Å². The standard InChI is InChI=1S/C26H29FN4O3S/c1-3-30-13-15-31(16-14-30)25-10-5-4-9-24(25)28-26(32)20-7-6-8-21(17-20)29-35(33,34)22-12-11-19(2)23(27)18-22/h4-12,17-18,29H,3,13-16H2,1-2H3,(H,28,32). The molecule has 1 aliphatic rings. The summed E-state index contributed by atoms with van der Waals surface area (Å²) in [5.74, 6) is -0.956. The second kappa shape index (κ2) is 10.5. The Kier molecular flexibility index (Phi) is 7.37. The maximum atomic E-state index is 13.9. The quantitative estimate of drug-likeness (QED) is 0.509. The van der Waals surface area contributed by atoms with Gasteiger partial charge in [0.1, 0.15) is 5.82 Å². The number of rotatable bonds is 7. The molecule has 0 aromatic heterocycles. The molecule has 0 atom stereocenters. The van der Waals surface area contributed by atoms with E-state index in [2.05, 4.69) is 26.8 Å². The minimum atomic E-state index is -4.01. The third kappa shape index (κ3) is 5.80. The molecule has 35 heavy (non-hydrogen) atoms. The van der Waals surface area contributed by atoms with E-state index in [1.54, 1.807) is 25.1 Å². The van der Waals surface area contributed by atoms with Crippen molar-refractivity contribution in [1.29, 1.82) is 0 Å². The van der Waals surface area contributed by atoms with Crippen molar-refractivity contribution in [2.45, 2.75) is 18.7 Å². The molecule has 0 aliphatic carbocycles. The van der Waals surface area contributed by atoms with Gasteiger partial charge in [0.2, 0.25) is 0 Å². The SMILES string of the molecule is CCN1CCN(c2ccccc2NC(=O)c2cccc(NS(=O)(=O)c3ccc(C)c(F)c3)c2)CC1. The van der Waals surface area contributed by atoms with Gasteiger partial charge >= 0.3 is 0 Å². The predicted molar refractivity (Wildman–Crippen MR) is 137 cm³/mol. The molecule has 2 N–H and O–H groups in total. The van der Waals surface area contributed by atoms with Crippen LogP contribution in [-0.2, 0) is 10.0 Å². The van der Waals surface area contributed by atoms with Gasteiger partial charge in [0.05, 0.1) is 16.3 Å². The van der Waals surface area contributed by atoms with E-state index in [0.717, 1.165) is 44.5 Å². The van der Waals surface area contributed by atoms with Crippen LogP contribution in [0, 0.1) is 12.7 Å². The first-order chi connectivity index (χ1) is 16.8. The summed E-state index contributed by atoms with van der Waals surface area (Å²) in [6.07, 6.45) is 0. The molecular weight excluding hydrogens is 467 g/mol. The van der Waals surface area contributed by atoms with Gasteiger partial charge in [0.25, 0.3) is 15.9 Å². The van der Waals surface area contributed by atoms with E-state index in [0.29, 0.717) is 16.8 Å². The minimum absolute atomic E-state index is 0.187. The fourth-order valence-electron chi connectivity index (χ4n) is 4.03. The number of nitrogens with zero attached hydrogens (tertiary/aromatic N) is 2. The van der Waals surface area contributed by atoms with Gasteiger partial charge < -0.3 is 15.1 Å². The average Bonchev–Trinajstić information content (AvgIpc) is 2.86. The number of para-hydroxylation sites is 2. The summed E-state index contributed by atoms with van der Waals surface area (Å²) < 4.78 is 41.7. The first-order valence-corrected chi connectivity index (χ1v) is 13.0. The topological polar surface area (TPSA) is 81.8 Å². The van der Waals surface area contributed by atoms with Crippen molar-refractivity contribution in [2.75, 3.05) is 47.7 Å². The number of nitrogens with one attached hydrogen (secondary N) is 2. The van der Waals surface area contributed by atoms with E-state index in [9.17, 15) is 17.6 Å². The van der Waals surface area contributed by atoms with Gasteiger partial charge in [-0.25, -0.2) is 12.8 Å². The molecule has 0 radical (unpaired) electrons. The van der Waals surface area contributed by atoms with Crippen molar-refractivity contribution in [1.82, 2.24) is 4.90 Å². The third-order valence-electron chi connectivity index (χ3n) is 6.14. The Labute approximate surface area is 205 Å². The number of aryl methyl sites for hydroxylation is 1. The second-order valence-corrected chi connectivity index (χ2v) is 10.2. The molecule has 1 aliphatic heterocycles. The Morgan fingerprint density at radius 2 is 1.71 bits per heavy atom. The number of piperazine rings is 1. The monoisotopic (exact) mass is 496 g/mol. The lowest BCUT2D eigenvalue weighted by atomic mass is 10.1. The smallest absolute Gasteiger partial charge is 0.261 e. The minimum Gasteiger partial charge on any atom is -0.367 e. The number of sulfonamides is 1. The fraction of sp³-hybridized carbons (Fsp3) is 0.269. The average molecular weight is 497 g/mol. The summed E-state index contributed by atoms with van der Waals surface area (Å²) >= 11 is 0. The molecule has 0 unspecified atom stereocenters. The first-order valence-electron chi connectivity index (χ1n) is 11.5. The number of hydrogen-bond donors (Lipinski definition) is 2. The number of hydrogen-bond acceptors (Lipinski definition) is 5. The van der Waals surface area contributed by atoms with Crippen LogP contribution >= 0.6 is 0 Å². The molecule has 3 aromatic carbocycles. The molecule has 0 saturated carbocycles. The summed E-state index contributed by atoms with van der Waals surface area (Å²) in [5.41, 5.74) is 2.52. The molecule has 184 valence electrons. The lowest BCUT2D eigenvalue weighted by Crippen LogP contribution is -2.46. The van der Waals surface area contributed by atoms with E-state index < -0.39 is 15.8 Å². The van der Waals surface area contributed by atoms with Crippen molar-refractivity contribution in [3.63, 3.8) is 0 Å². The predicted octanol–water partition coefficient (Wildman–Crippen LogP) is 4.33. The fourth-order valence-corrected chi connectivity index (χ4v) is 5.09. The second-order valence-electron chi connectivity index (χ2n) is 8.49. The van der Waals surface area contributed by atoms with Crippen molar-refractivity contribution in [3.05, 3.63) is 83.7 Å². The molecule has 3 aromatic rings. The van der Waals surface area contributed by atoms with Crippen LogP contribution in [0.25, 0.3) is 0 Å². The molecule has 7 nitrogen and oxygen atoms in total. The van der Waals surface area contributed by atoms with Crippen LogP contribution in [0.5, 0.6) is 0 Å². The van der Waals surface area contributed by atoms with Crippen LogP contribution in [0.2, 0.25) is 0 Å². The van der Waals surface area contributed by atoms with E-state index in [1.807, 2.05) is 24.3 Å². The highest BCUT2D eigenvalue weighted by Crippen LogP contribution is 2.27. The van der Waals surface area contributed by atoms with Gasteiger partial charge in [-0.2, -0.15) is 0 Å². The van der Waals surface area contributed by atoms with Crippen molar-refractivity contribution in [3.8, 4) is 0 Å². The van der Waals surface area contributed by atoms with Crippen LogP contribution in [0.4, 0.5) is 21.5 Å². The van der Waals surface area contributed by atoms with Crippen LogP contribution < -0.4 is 14.9 Å². The van der Waals surface area contributed by atoms with Gasteiger partial charge in [0.15, 0.2) is 0 Å². The van der Waals surface area contributed by atoms with Crippen LogP contribution in [0.3, 0.4) is 0 Å². The lowest BCUT2D eigenvalue weighted by Gasteiger charge is -2.36. The van der Waals surface area contributed by atoms with Gasteiger partial charge in [-0.15, -0.1) is 0 Å². The maximum absolute atomic E-state index is 13.9. The van der Waals surface area contributed by atoms with E-state index in [1.165, 1.54) is 18.2 Å². The van der Waals surface area contributed by atoms with E-state index in [4.69, 9.17) is 0 Å². The maximum Gasteiger partial charge on any atom is 0.261 e. The summed E-state index contributed by atoms with van der Waals surface area (Å²) in [6, 6.07) is 17.6. The summed E-state index contributed by atoms with van der Waals surface area (Å²) in [7, 11) is -4.01. The molecule has 1 saturated heterocycles. The number of amides is 1. The third-order valence-corrected chi connectivity index (χ3v) is 7.52. The van der Waals surface area contributed by atoms with E-state index in [-0.39, 0.29) is 16.5 Å². The zero-order chi connectivity index (χ0) is 25.0. The molecule has 1 amide bonds. The zero-order valence-corrected chi connectivity index (χ0v) is 20.6. The molecule has 4 rings (SSSR count). The van der Waals surface area contributed by atoms with Gasteiger partial charge in [0, 0.05) is 37.4 Å². The molecule has 0 spiro atoms. The highest BCUT2D eigenvalue weighted by molar-refractivity contribution is 7.92. The van der Waals surface area contributed by atoms with Crippen molar-refractivity contribution in [2.24, 2.45) is 0 Å². The van der Waals surface area contributed by atoms with Gasteiger partial charge in [-0.3, -0.25) is 9.52 Å². The molecule has 1 fully saturated rings. The molecule has 1 heterocycles. The van der Waals surface area contributed by atoms with Crippen LogP contribution in [0.1, 0.15) is 22.8 Å². The number of anilines is 3. The molecular formula is C26H29FN4O3S. The Bertz CT molecular complexity index is 1320. The van der Waals surface area contributed by atoms with E-state index >= 15 is 0 Å². The summed E-state index contributed by atoms with van der Waals surface area (Å²) in [4.78, 5) is 17.5. The number of halogens is 1. The summed E-state index contributed by atoms with van der Waals surface area (Å²) in [5, 5.41) is 2.96.